The molecule has 2 heterocycles. The molecule has 8 heteroatoms. The van der Waals surface area contributed by atoms with Gasteiger partial charge in [0.15, 0.2) is 0 Å². The lowest BCUT2D eigenvalue weighted by Gasteiger charge is -2.12. The van der Waals surface area contributed by atoms with Crippen molar-refractivity contribution in [3.05, 3.63) is 58.8 Å². The zero-order valence-electron chi connectivity index (χ0n) is 13.2. The minimum atomic E-state index is -0.241. The molecule has 1 aromatic carbocycles. The first-order valence-corrected chi connectivity index (χ1v) is 8.42. The number of hydrogen-bond donors (Lipinski definition) is 2. The van der Waals surface area contributed by atoms with Gasteiger partial charge in [-0.05, 0) is 25.1 Å². The Morgan fingerprint density at radius 3 is 2.83 bits per heavy atom. The summed E-state index contributed by atoms with van der Waals surface area (Å²) in [5, 5.41) is 19.5. The van der Waals surface area contributed by atoms with Crippen LogP contribution in [-0.4, -0.2) is 31.9 Å². The van der Waals surface area contributed by atoms with Gasteiger partial charge >= 0.3 is 0 Å². The molecule has 0 spiro atoms. The number of carbonyl (C=O) groups excluding carboxylic acids is 1. The van der Waals surface area contributed by atoms with E-state index in [-0.39, 0.29) is 11.9 Å². The fourth-order valence-corrected chi connectivity index (χ4v) is 2.82. The predicted molar refractivity (Wildman–Crippen MR) is 92.8 cm³/mol. The van der Waals surface area contributed by atoms with Crippen LogP contribution in [0.1, 0.15) is 21.7 Å². The molecule has 0 unspecified atom stereocenters. The minimum absolute atomic E-state index is 0.232. The van der Waals surface area contributed by atoms with Gasteiger partial charge in [-0.3, -0.25) is 9.48 Å². The summed E-state index contributed by atoms with van der Waals surface area (Å²) in [5.41, 5.74) is 0.741. The van der Waals surface area contributed by atoms with Crippen LogP contribution in [0.3, 0.4) is 0 Å². The van der Waals surface area contributed by atoms with Crippen molar-refractivity contribution in [3.63, 3.8) is 0 Å². The average Bonchev–Trinajstić information content (AvgIpc) is 3.25. The highest BCUT2D eigenvalue weighted by Gasteiger charge is 2.13. The number of amides is 1. The second-order valence-corrected chi connectivity index (χ2v) is 6.39. The highest BCUT2D eigenvalue weighted by atomic mass is 32.1. The third-order valence-corrected chi connectivity index (χ3v) is 4.24. The Labute approximate surface area is 143 Å². The molecule has 0 aliphatic rings. The quantitative estimate of drug-likeness (QED) is 0.687. The van der Waals surface area contributed by atoms with E-state index < -0.39 is 0 Å². The maximum Gasteiger partial charge on any atom is 0.286 e. The molecule has 0 fully saturated rings. The molecule has 1 amide bonds. The number of aromatic nitrogens is 4. The van der Waals surface area contributed by atoms with Crippen LogP contribution in [0.25, 0.3) is 0 Å². The van der Waals surface area contributed by atoms with Crippen molar-refractivity contribution in [2.24, 2.45) is 0 Å². The van der Waals surface area contributed by atoms with Crippen molar-refractivity contribution in [1.29, 1.82) is 0 Å². The summed E-state index contributed by atoms with van der Waals surface area (Å²) in [7, 11) is 0. The average molecular weight is 342 g/mol. The van der Waals surface area contributed by atoms with Crippen LogP contribution in [0.4, 0.5) is 5.69 Å². The normalized spacial score (nSPS) is 12.0. The van der Waals surface area contributed by atoms with Gasteiger partial charge in [0.2, 0.25) is 5.01 Å². The Kier molecular flexibility index (Phi) is 5.29. The van der Waals surface area contributed by atoms with Gasteiger partial charge in [-0.1, -0.05) is 29.5 Å². The predicted octanol–water partition coefficient (Wildman–Crippen LogP) is 2.17. The van der Waals surface area contributed by atoms with E-state index in [9.17, 15) is 4.79 Å². The molecule has 7 nitrogen and oxygen atoms in total. The minimum Gasteiger partial charge on any atom is -0.320 e. The molecular weight excluding hydrogens is 324 g/mol. The number of rotatable bonds is 7. The second kappa shape index (κ2) is 7.80. The van der Waals surface area contributed by atoms with Crippen molar-refractivity contribution in [3.8, 4) is 0 Å². The number of nitrogens with zero attached hydrogens (tertiary/aromatic N) is 4. The molecule has 0 saturated carbocycles. The topological polar surface area (TPSA) is 84.7 Å². The summed E-state index contributed by atoms with van der Waals surface area (Å²) >= 11 is 1.29. The number of para-hydroxylation sites is 1. The monoisotopic (exact) mass is 342 g/mol. The molecule has 1 atom stereocenters. The number of hydrogen-bond acceptors (Lipinski definition) is 6. The molecule has 0 aliphatic heterocycles. The molecule has 0 saturated heterocycles. The van der Waals surface area contributed by atoms with E-state index in [1.807, 2.05) is 47.3 Å². The van der Waals surface area contributed by atoms with Crippen LogP contribution in [-0.2, 0) is 13.1 Å². The second-order valence-electron chi connectivity index (χ2n) is 5.33. The molecular formula is C16H18N6OS. The van der Waals surface area contributed by atoms with Crippen molar-refractivity contribution < 1.29 is 4.79 Å². The van der Waals surface area contributed by atoms with Crippen molar-refractivity contribution in [2.45, 2.75) is 26.1 Å². The largest absolute Gasteiger partial charge is 0.320 e. The number of nitrogens with one attached hydrogen (secondary N) is 2. The van der Waals surface area contributed by atoms with Gasteiger partial charge in [-0.2, -0.15) is 5.10 Å². The summed E-state index contributed by atoms with van der Waals surface area (Å²) < 4.78 is 1.87. The molecule has 24 heavy (non-hydrogen) atoms. The summed E-state index contributed by atoms with van der Waals surface area (Å²) in [4.78, 5) is 12.1. The molecule has 124 valence electrons. The van der Waals surface area contributed by atoms with Crippen molar-refractivity contribution >= 4 is 22.9 Å². The van der Waals surface area contributed by atoms with E-state index in [0.717, 1.165) is 17.2 Å². The molecule has 2 aromatic heterocycles. The Morgan fingerprint density at radius 2 is 2.08 bits per heavy atom. The van der Waals surface area contributed by atoms with Gasteiger partial charge in [-0.25, -0.2) is 0 Å². The van der Waals surface area contributed by atoms with Gasteiger partial charge in [0.05, 0.1) is 13.1 Å². The number of anilines is 1. The summed E-state index contributed by atoms with van der Waals surface area (Å²) in [6, 6.07) is 11.4. The molecule has 3 aromatic rings. The van der Waals surface area contributed by atoms with E-state index >= 15 is 0 Å². The molecule has 0 aliphatic carbocycles. The van der Waals surface area contributed by atoms with E-state index in [1.54, 1.807) is 6.20 Å². The first-order chi connectivity index (χ1) is 11.7. The first-order valence-electron chi connectivity index (χ1n) is 7.60. The number of benzene rings is 1. The van der Waals surface area contributed by atoms with Crippen LogP contribution in [0.2, 0.25) is 0 Å². The van der Waals surface area contributed by atoms with Crippen molar-refractivity contribution in [2.75, 3.05) is 5.32 Å². The van der Waals surface area contributed by atoms with Crippen LogP contribution in [0.15, 0.2) is 48.8 Å². The fraction of sp³-hybridized carbons (Fsp3) is 0.250. The molecule has 0 radical (unpaired) electrons. The van der Waals surface area contributed by atoms with Gasteiger partial charge in [-0.15, -0.1) is 10.2 Å². The third-order valence-electron chi connectivity index (χ3n) is 3.31. The summed E-state index contributed by atoms with van der Waals surface area (Å²) in [5.74, 6) is -0.241. The third kappa shape index (κ3) is 4.46. The van der Waals surface area contributed by atoms with E-state index in [2.05, 4.69) is 32.9 Å². The molecule has 2 N–H and O–H groups in total. The smallest absolute Gasteiger partial charge is 0.286 e. The highest BCUT2D eigenvalue weighted by molar-refractivity contribution is 7.13. The summed E-state index contributed by atoms with van der Waals surface area (Å²) in [6.07, 6.45) is 3.68. The Morgan fingerprint density at radius 1 is 1.25 bits per heavy atom. The lowest BCUT2D eigenvalue weighted by molar-refractivity contribution is 0.102. The van der Waals surface area contributed by atoms with Crippen LogP contribution in [0, 0.1) is 0 Å². The van der Waals surface area contributed by atoms with Gasteiger partial charge < -0.3 is 10.6 Å². The lowest BCUT2D eigenvalue weighted by Crippen LogP contribution is -2.30. The molecule has 0 bridgehead atoms. The Balaban J connectivity index is 1.50. The zero-order valence-corrected chi connectivity index (χ0v) is 14.0. The zero-order chi connectivity index (χ0) is 16.8. The fourth-order valence-electron chi connectivity index (χ4n) is 2.14. The van der Waals surface area contributed by atoms with E-state index in [4.69, 9.17) is 0 Å². The van der Waals surface area contributed by atoms with Crippen LogP contribution in [0.5, 0.6) is 0 Å². The van der Waals surface area contributed by atoms with Gasteiger partial charge in [0, 0.05) is 24.1 Å². The van der Waals surface area contributed by atoms with Crippen LogP contribution < -0.4 is 10.6 Å². The first kappa shape index (κ1) is 16.3. The van der Waals surface area contributed by atoms with Gasteiger partial charge in [0.1, 0.15) is 5.01 Å². The molecule has 3 rings (SSSR count). The summed E-state index contributed by atoms with van der Waals surface area (Å²) in [6.45, 7) is 3.41. The highest BCUT2D eigenvalue weighted by Crippen LogP contribution is 2.13. The lowest BCUT2D eigenvalue weighted by atomic mass is 10.3. The standard InChI is InChI=1S/C16H18N6OS/c1-12(11-22-9-5-8-18-22)17-10-14-20-21-16(24-14)15(23)19-13-6-3-2-4-7-13/h2-9,12,17H,10-11H2,1H3,(H,19,23)/t12-/m1/s1. The van der Waals surface area contributed by atoms with Crippen LogP contribution >= 0.6 is 11.3 Å². The Hall–Kier alpha value is -2.58. The van der Waals surface area contributed by atoms with E-state index in [0.29, 0.717) is 11.6 Å². The van der Waals surface area contributed by atoms with E-state index in [1.165, 1.54) is 11.3 Å². The SMILES string of the molecule is C[C@H](Cn1cccn1)NCc1nnc(C(=O)Nc2ccccc2)s1. The maximum absolute atomic E-state index is 12.1. The number of carbonyl (C=O) groups is 1. The maximum atomic E-state index is 12.1. The Bertz CT molecular complexity index is 771. The van der Waals surface area contributed by atoms with Crippen molar-refractivity contribution in [1.82, 2.24) is 25.3 Å². The van der Waals surface area contributed by atoms with Gasteiger partial charge in [0.25, 0.3) is 5.91 Å².